The molecule has 6 heteroatoms. The van der Waals surface area contributed by atoms with E-state index in [-0.39, 0.29) is 31.3 Å². The van der Waals surface area contributed by atoms with Crippen LogP contribution in [0.15, 0.2) is 78.9 Å². The third kappa shape index (κ3) is 6.74. The molecule has 0 aliphatic carbocycles. The van der Waals surface area contributed by atoms with Gasteiger partial charge >= 0.3 is 0 Å². The second-order valence-electron chi connectivity index (χ2n) is 6.74. The van der Waals surface area contributed by atoms with Crippen molar-refractivity contribution in [2.24, 2.45) is 0 Å². The molecule has 0 saturated carbocycles. The molecule has 0 heterocycles. The van der Waals surface area contributed by atoms with Crippen LogP contribution in [0.4, 0.5) is 4.39 Å². The van der Waals surface area contributed by atoms with Crippen LogP contribution >= 0.6 is 0 Å². The van der Waals surface area contributed by atoms with Gasteiger partial charge in [0.2, 0.25) is 11.8 Å². The first kappa shape index (κ1) is 21.0. The number of ether oxygens (including phenoxy) is 1. The van der Waals surface area contributed by atoms with Gasteiger partial charge in [-0.15, -0.1) is 0 Å². The lowest BCUT2D eigenvalue weighted by Crippen LogP contribution is -2.37. The monoisotopic (exact) mass is 406 g/mol. The molecule has 0 bridgehead atoms. The van der Waals surface area contributed by atoms with Crippen LogP contribution in [0.1, 0.15) is 16.7 Å². The quantitative estimate of drug-likeness (QED) is 0.573. The molecule has 154 valence electrons. The molecule has 3 aromatic carbocycles. The van der Waals surface area contributed by atoms with Crippen molar-refractivity contribution in [2.75, 3.05) is 6.54 Å². The van der Waals surface area contributed by atoms with Gasteiger partial charge in [0, 0.05) is 12.1 Å². The molecule has 2 amide bonds. The molecule has 5 nitrogen and oxygen atoms in total. The number of carbonyl (C=O) groups is 2. The normalized spacial score (nSPS) is 10.3. The fourth-order valence-electron chi connectivity index (χ4n) is 2.86. The second-order valence-corrected chi connectivity index (χ2v) is 6.74. The first-order valence-corrected chi connectivity index (χ1v) is 9.62. The Balaban J connectivity index is 1.44. The standard InChI is InChI=1S/C24H23FN2O3/c25-21-11-6-9-19(13-21)14-23(28)27-16-24(29)26-15-20-10-4-5-12-22(20)30-17-18-7-2-1-3-8-18/h1-13H,14-17H2,(H,26,29)(H,27,28). The molecule has 0 atom stereocenters. The maximum Gasteiger partial charge on any atom is 0.239 e. The third-order valence-electron chi connectivity index (χ3n) is 4.39. The van der Waals surface area contributed by atoms with Crippen molar-refractivity contribution in [3.05, 3.63) is 101 Å². The van der Waals surface area contributed by atoms with E-state index in [4.69, 9.17) is 4.74 Å². The summed E-state index contributed by atoms with van der Waals surface area (Å²) in [7, 11) is 0. The summed E-state index contributed by atoms with van der Waals surface area (Å²) in [5.41, 5.74) is 2.45. The number of benzene rings is 3. The van der Waals surface area contributed by atoms with E-state index in [0.29, 0.717) is 17.9 Å². The number of halogens is 1. The molecule has 30 heavy (non-hydrogen) atoms. The van der Waals surface area contributed by atoms with E-state index in [0.717, 1.165) is 11.1 Å². The van der Waals surface area contributed by atoms with Gasteiger partial charge in [-0.1, -0.05) is 60.7 Å². The number of hydrogen-bond donors (Lipinski definition) is 2. The van der Waals surface area contributed by atoms with Crippen LogP contribution in [0.2, 0.25) is 0 Å². The second kappa shape index (κ2) is 10.8. The average Bonchev–Trinajstić information content (AvgIpc) is 2.76. The summed E-state index contributed by atoms with van der Waals surface area (Å²) in [6.45, 7) is 0.562. The van der Waals surface area contributed by atoms with Crippen molar-refractivity contribution in [1.29, 1.82) is 0 Å². The Labute approximate surface area is 174 Å². The number of carbonyl (C=O) groups excluding carboxylic acids is 2. The molecular weight excluding hydrogens is 383 g/mol. The van der Waals surface area contributed by atoms with Gasteiger partial charge in [-0.25, -0.2) is 4.39 Å². The van der Waals surface area contributed by atoms with Gasteiger partial charge in [0.15, 0.2) is 0 Å². The Kier molecular flexibility index (Phi) is 7.55. The molecule has 0 spiro atoms. The van der Waals surface area contributed by atoms with Crippen molar-refractivity contribution in [3.8, 4) is 5.75 Å². The van der Waals surface area contributed by atoms with Crippen molar-refractivity contribution >= 4 is 11.8 Å². The summed E-state index contributed by atoms with van der Waals surface area (Å²) >= 11 is 0. The SMILES string of the molecule is O=C(CNC(=O)Cc1cccc(F)c1)NCc1ccccc1OCc1ccccc1. The van der Waals surface area contributed by atoms with Gasteiger partial charge in [-0.2, -0.15) is 0 Å². The Morgan fingerprint density at radius 3 is 2.33 bits per heavy atom. The van der Waals surface area contributed by atoms with Crippen molar-refractivity contribution < 1.29 is 18.7 Å². The molecule has 0 fully saturated rings. The van der Waals surface area contributed by atoms with Crippen LogP contribution in [-0.4, -0.2) is 18.4 Å². The highest BCUT2D eigenvalue weighted by atomic mass is 19.1. The Hall–Kier alpha value is -3.67. The van der Waals surface area contributed by atoms with E-state index < -0.39 is 5.82 Å². The first-order valence-electron chi connectivity index (χ1n) is 9.62. The molecule has 0 aromatic heterocycles. The fraction of sp³-hybridized carbons (Fsp3) is 0.167. The zero-order valence-electron chi connectivity index (χ0n) is 16.4. The molecule has 0 aliphatic heterocycles. The van der Waals surface area contributed by atoms with Crippen molar-refractivity contribution in [2.45, 2.75) is 19.6 Å². The topological polar surface area (TPSA) is 67.4 Å². The summed E-state index contributed by atoms with van der Waals surface area (Å²) < 4.78 is 19.0. The average molecular weight is 406 g/mol. The number of hydrogen-bond acceptors (Lipinski definition) is 3. The van der Waals surface area contributed by atoms with E-state index in [1.165, 1.54) is 12.1 Å². The lowest BCUT2D eigenvalue weighted by atomic mass is 10.1. The minimum absolute atomic E-state index is 0.0151. The van der Waals surface area contributed by atoms with E-state index >= 15 is 0 Å². The Morgan fingerprint density at radius 1 is 0.800 bits per heavy atom. The lowest BCUT2D eigenvalue weighted by Gasteiger charge is -2.12. The number of rotatable bonds is 9. The summed E-state index contributed by atoms with van der Waals surface area (Å²) in [5, 5.41) is 5.32. The highest BCUT2D eigenvalue weighted by molar-refractivity contribution is 5.85. The van der Waals surface area contributed by atoms with Crippen molar-refractivity contribution in [3.63, 3.8) is 0 Å². The molecule has 3 rings (SSSR count). The minimum Gasteiger partial charge on any atom is -0.489 e. The Bertz CT molecular complexity index is 993. The number of nitrogens with one attached hydrogen (secondary N) is 2. The molecule has 0 saturated heterocycles. The summed E-state index contributed by atoms with van der Waals surface area (Å²) in [4.78, 5) is 24.0. The van der Waals surface area contributed by atoms with Gasteiger partial charge in [0.1, 0.15) is 18.2 Å². The van der Waals surface area contributed by atoms with Gasteiger partial charge in [0.25, 0.3) is 0 Å². The fourth-order valence-corrected chi connectivity index (χ4v) is 2.86. The van der Waals surface area contributed by atoms with Crippen LogP contribution in [0.25, 0.3) is 0 Å². The van der Waals surface area contributed by atoms with Gasteiger partial charge < -0.3 is 15.4 Å². The highest BCUT2D eigenvalue weighted by Crippen LogP contribution is 2.19. The molecule has 0 aliphatic rings. The van der Waals surface area contributed by atoms with E-state index in [9.17, 15) is 14.0 Å². The van der Waals surface area contributed by atoms with E-state index in [2.05, 4.69) is 10.6 Å². The van der Waals surface area contributed by atoms with Crippen molar-refractivity contribution in [1.82, 2.24) is 10.6 Å². The predicted molar refractivity (Wildman–Crippen MR) is 112 cm³/mol. The van der Waals surface area contributed by atoms with Gasteiger partial charge in [-0.05, 0) is 29.3 Å². The number of para-hydroxylation sites is 1. The maximum atomic E-state index is 13.2. The summed E-state index contributed by atoms with van der Waals surface area (Å²) in [5.74, 6) is -0.370. The summed E-state index contributed by atoms with van der Waals surface area (Å²) in [6, 6.07) is 23.1. The highest BCUT2D eigenvalue weighted by Gasteiger charge is 2.09. The smallest absolute Gasteiger partial charge is 0.239 e. The molecule has 2 N–H and O–H groups in total. The van der Waals surface area contributed by atoms with Crippen LogP contribution in [-0.2, 0) is 29.2 Å². The molecule has 0 unspecified atom stereocenters. The van der Waals surface area contributed by atoms with Crippen LogP contribution < -0.4 is 15.4 Å². The molecule has 0 radical (unpaired) electrons. The maximum absolute atomic E-state index is 13.2. The minimum atomic E-state index is -0.397. The zero-order chi connectivity index (χ0) is 21.2. The van der Waals surface area contributed by atoms with Gasteiger partial charge in [0.05, 0.1) is 13.0 Å². The Morgan fingerprint density at radius 2 is 1.53 bits per heavy atom. The predicted octanol–water partition coefficient (Wildman–Crippen LogP) is 3.38. The first-order chi connectivity index (χ1) is 14.6. The molecular formula is C24H23FN2O3. The molecule has 3 aromatic rings. The van der Waals surface area contributed by atoms with Crippen LogP contribution in [0.3, 0.4) is 0 Å². The van der Waals surface area contributed by atoms with Crippen LogP contribution in [0.5, 0.6) is 5.75 Å². The number of amides is 2. The van der Waals surface area contributed by atoms with E-state index in [1.54, 1.807) is 12.1 Å². The van der Waals surface area contributed by atoms with Crippen LogP contribution in [0, 0.1) is 5.82 Å². The third-order valence-corrected chi connectivity index (χ3v) is 4.39. The summed E-state index contributed by atoms with van der Waals surface area (Å²) in [6.07, 6.45) is 0.0151. The van der Waals surface area contributed by atoms with E-state index in [1.807, 2.05) is 54.6 Å². The zero-order valence-corrected chi connectivity index (χ0v) is 16.4. The van der Waals surface area contributed by atoms with Gasteiger partial charge in [-0.3, -0.25) is 9.59 Å². The lowest BCUT2D eigenvalue weighted by molar-refractivity contribution is -0.125. The largest absolute Gasteiger partial charge is 0.489 e.